The predicted octanol–water partition coefficient (Wildman–Crippen LogP) is 16.0. The number of hydrogen-bond acceptors (Lipinski definition) is 5. The number of aliphatic hydroxyl groups excluding tert-OH is 1. The minimum absolute atomic E-state index is 0.0530. The van der Waals surface area contributed by atoms with Gasteiger partial charge in [-0.2, -0.15) is 0 Å². The van der Waals surface area contributed by atoms with Gasteiger partial charge < -0.3 is 19.8 Å². The van der Waals surface area contributed by atoms with E-state index in [1.165, 1.54) is 180 Å². The molecule has 0 aromatic rings. The van der Waals surface area contributed by atoms with Crippen LogP contribution in [0.2, 0.25) is 0 Å². The molecule has 3 atom stereocenters. The molecular formula is C55H106N2O6P+. The number of carbonyl (C=O) groups is 1. The maximum absolute atomic E-state index is 12.9. The standard InChI is InChI=1S/C55H105N2O6P/c1-6-8-10-12-14-16-18-20-22-23-24-25-26-27-28-29-30-31-32-33-34-35-37-39-41-43-45-47-49-55(59)56-53(52-63-64(60,61)62-51-50-57(3,4)5)54(58)48-46-44-42-40-38-36-21-19-17-15-13-11-9-7-2/h17,19,27-28,38,40,46,48,53-54,58H,6-16,18,20-26,29-37,39,41-45,47,49-52H2,1-5H3,(H-,56,59,60,61)/p+1/b19-17+,28-27-,40-38+,48-46+. The number of hydrogen-bond donors (Lipinski definition) is 3. The number of likely N-dealkylation sites (N-methyl/N-ethyl adjacent to an activating group) is 1. The van der Waals surface area contributed by atoms with Gasteiger partial charge >= 0.3 is 7.82 Å². The second-order valence-corrected chi connectivity index (χ2v) is 21.0. The van der Waals surface area contributed by atoms with Crippen molar-refractivity contribution in [2.45, 2.75) is 257 Å². The van der Waals surface area contributed by atoms with E-state index in [2.05, 4.69) is 55.6 Å². The second kappa shape index (κ2) is 46.6. The van der Waals surface area contributed by atoms with Crippen LogP contribution in [0.1, 0.15) is 245 Å². The Balaban J connectivity index is 4.17. The Morgan fingerprint density at radius 2 is 0.859 bits per heavy atom. The third-order valence-electron chi connectivity index (χ3n) is 12.0. The fourth-order valence-corrected chi connectivity index (χ4v) is 8.45. The molecule has 1 amide bonds. The number of unbranched alkanes of at least 4 members (excludes halogenated alkanes) is 30. The van der Waals surface area contributed by atoms with E-state index in [0.29, 0.717) is 17.4 Å². The molecule has 376 valence electrons. The van der Waals surface area contributed by atoms with E-state index in [1.807, 2.05) is 27.2 Å². The molecule has 0 bridgehead atoms. The van der Waals surface area contributed by atoms with Gasteiger partial charge in [-0.15, -0.1) is 0 Å². The lowest BCUT2D eigenvalue weighted by molar-refractivity contribution is -0.870. The molecule has 0 heterocycles. The Kier molecular flexibility index (Phi) is 45.4. The molecule has 64 heavy (non-hydrogen) atoms. The van der Waals surface area contributed by atoms with Crippen molar-refractivity contribution in [2.24, 2.45) is 0 Å². The van der Waals surface area contributed by atoms with Crippen molar-refractivity contribution in [1.29, 1.82) is 0 Å². The molecule has 0 spiro atoms. The molecule has 0 aliphatic carbocycles. The van der Waals surface area contributed by atoms with Crippen LogP contribution in [0.15, 0.2) is 48.6 Å². The molecule has 3 unspecified atom stereocenters. The van der Waals surface area contributed by atoms with E-state index in [9.17, 15) is 19.4 Å². The average Bonchev–Trinajstić information content (AvgIpc) is 3.25. The summed E-state index contributed by atoms with van der Waals surface area (Å²) in [6.45, 7) is 4.78. The highest BCUT2D eigenvalue weighted by Crippen LogP contribution is 2.43. The first-order valence-corrected chi connectivity index (χ1v) is 28.5. The summed E-state index contributed by atoms with van der Waals surface area (Å²) in [6.07, 6.45) is 60.7. The molecule has 0 radical (unpaired) electrons. The summed E-state index contributed by atoms with van der Waals surface area (Å²) in [5, 5.41) is 13.8. The van der Waals surface area contributed by atoms with Crippen LogP contribution in [0.5, 0.6) is 0 Å². The Labute approximate surface area is 397 Å². The molecule has 0 saturated heterocycles. The molecule has 3 N–H and O–H groups in total. The largest absolute Gasteiger partial charge is 0.472 e. The monoisotopic (exact) mass is 922 g/mol. The summed E-state index contributed by atoms with van der Waals surface area (Å²) in [5.74, 6) is -0.191. The smallest absolute Gasteiger partial charge is 0.387 e. The summed E-state index contributed by atoms with van der Waals surface area (Å²) < 4.78 is 23.6. The van der Waals surface area contributed by atoms with Gasteiger partial charge in [0, 0.05) is 6.42 Å². The summed E-state index contributed by atoms with van der Waals surface area (Å²) in [6, 6.07) is -0.869. The molecule has 8 nitrogen and oxygen atoms in total. The SMILES string of the molecule is CCCCCC/C=C/CC/C=C/CC/C=C/C(O)C(COP(=O)(O)OCC[N+](C)(C)C)NC(=O)CCCCCCCCCCCCCC/C=C\CCCCCCCCCCCCCC. The van der Waals surface area contributed by atoms with Gasteiger partial charge in [-0.1, -0.05) is 217 Å². The van der Waals surface area contributed by atoms with Crippen LogP contribution in [-0.4, -0.2) is 73.4 Å². The number of allylic oxidation sites excluding steroid dienone is 7. The van der Waals surface area contributed by atoms with Gasteiger partial charge in [-0.25, -0.2) is 4.57 Å². The molecule has 0 aliphatic rings. The van der Waals surface area contributed by atoms with Gasteiger partial charge in [0.05, 0.1) is 39.9 Å². The number of quaternary nitrogens is 1. The fraction of sp³-hybridized carbons (Fsp3) is 0.836. The predicted molar refractivity (Wildman–Crippen MR) is 277 cm³/mol. The van der Waals surface area contributed by atoms with E-state index < -0.39 is 20.0 Å². The van der Waals surface area contributed by atoms with Gasteiger partial charge in [0.1, 0.15) is 13.2 Å². The lowest BCUT2D eigenvalue weighted by Crippen LogP contribution is -2.45. The van der Waals surface area contributed by atoms with Crippen molar-refractivity contribution in [3.05, 3.63) is 48.6 Å². The van der Waals surface area contributed by atoms with Crippen molar-refractivity contribution in [3.63, 3.8) is 0 Å². The third-order valence-corrected chi connectivity index (χ3v) is 13.0. The lowest BCUT2D eigenvalue weighted by Gasteiger charge is -2.25. The Bertz CT molecular complexity index is 1180. The highest BCUT2D eigenvalue weighted by Gasteiger charge is 2.27. The number of carbonyl (C=O) groups excluding carboxylic acids is 1. The Morgan fingerprint density at radius 3 is 1.27 bits per heavy atom. The zero-order valence-corrected chi connectivity index (χ0v) is 43.7. The first-order chi connectivity index (χ1) is 31.0. The fourth-order valence-electron chi connectivity index (χ4n) is 7.72. The number of aliphatic hydroxyl groups is 1. The van der Waals surface area contributed by atoms with Crippen molar-refractivity contribution < 1.29 is 32.9 Å². The van der Waals surface area contributed by atoms with E-state index in [-0.39, 0.29) is 19.1 Å². The minimum atomic E-state index is -4.35. The zero-order chi connectivity index (χ0) is 47.1. The first-order valence-electron chi connectivity index (χ1n) is 27.0. The van der Waals surface area contributed by atoms with Crippen LogP contribution in [0.3, 0.4) is 0 Å². The van der Waals surface area contributed by atoms with E-state index in [0.717, 1.165) is 44.9 Å². The van der Waals surface area contributed by atoms with E-state index in [1.54, 1.807) is 6.08 Å². The van der Waals surface area contributed by atoms with Crippen molar-refractivity contribution >= 4 is 13.7 Å². The Morgan fingerprint density at radius 1 is 0.516 bits per heavy atom. The number of rotatable bonds is 49. The number of nitrogens with zero attached hydrogens (tertiary/aromatic N) is 1. The van der Waals surface area contributed by atoms with Crippen LogP contribution in [-0.2, 0) is 18.4 Å². The van der Waals surface area contributed by atoms with Crippen LogP contribution in [0.4, 0.5) is 0 Å². The summed E-state index contributed by atoms with van der Waals surface area (Å²) >= 11 is 0. The van der Waals surface area contributed by atoms with Gasteiger partial charge in [-0.05, 0) is 70.6 Å². The lowest BCUT2D eigenvalue weighted by atomic mass is 10.0. The topological polar surface area (TPSA) is 105 Å². The van der Waals surface area contributed by atoms with Crippen molar-refractivity contribution in [1.82, 2.24) is 5.32 Å². The summed E-state index contributed by atoms with van der Waals surface area (Å²) in [7, 11) is 1.55. The van der Waals surface area contributed by atoms with Crippen molar-refractivity contribution in [3.8, 4) is 0 Å². The van der Waals surface area contributed by atoms with Gasteiger partial charge in [-0.3, -0.25) is 13.8 Å². The average molecular weight is 922 g/mol. The number of amides is 1. The molecule has 0 aromatic heterocycles. The number of phosphoric ester groups is 1. The van der Waals surface area contributed by atoms with Gasteiger partial charge in [0.25, 0.3) is 0 Å². The second-order valence-electron chi connectivity index (χ2n) is 19.6. The van der Waals surface area contributed by atoms with Gasteiger partial charge in [0.15, 0.2) is 0 Å². The van der Waals surface area contributed by atoms with Crippen LogP contribution >= 0.6 is 7.82 Å². The molecule has 0 rings (SSSR count). The maximum atomic E-state index is 12.9. The molecule has 9 heteroatoms. The number of phosphoric acid groups is 1. The molecule has 0 saturated carbocycles. The molecular weight excluding hydrogens is 816 g/mol. The molecule has 0 aliphatic heterocycles. The summed E-state index contributed by atoms with van der Waals surface area (Å²) in [4.78, 5) is 23.2. The quantitative estimate of drug-likeness (QED) is 0.0243. The third kappa shape index (κ3) is 48.4. The minimum Gasteiger partial charge on any atom is -0.387 e. The maximum Gasteiger partial charge on any atom is 0.472 e. The molecule has 0 fully saturated rings. The first kappa shape index (κ1) is 62.5. The summed E-state index contributed by atoms with van der Waals surface area (Å²) in [5.41, 5.74) is 0. The number of nitrogens with one attached hydrogen (secondary N) is 1. The van der Waals surface area contributed by atoms with Crippen LogP contribution in [0, 0.1) is 0 Å². The Hall–Kier alpha value is -1.54. The van der Waals surface area contributed by atoms with E-state index >= 15 is 0 Å². The highest BCUT2D eigenvalue weighted by molar-refractivity contribution is 7.47. The normalized spacial score (nSPS) is 14.4. The van der Waals surface area contributed by atoms with Crippen molar-refractivity contribution in [2.75, 3.05) is 40.9 Å². The zero-order valence-electron chi connectivity index (χ0n) is 42.8. The van der Waals surface area contributed by atoms with Crippen LogP contribution in [0.25, 0.3) is 0 Å². The van der Waals surface area contributed by atoms with E-state index in [4.69, 9.17) is 9.05 Å². The van der Waals surface area contributed by atoms with Gasteiger partial charge in [0.2, 0.25) is 5.91 Å². The van der Waals surface area contributed by atoms with Crippen LogP contribution < -0.4 is 5.32 Å². The molecule has 0 aromatic carbocycles. The highest BCUT2D eigenvalue weighted by atomic mass is 31.2.